The van der Waals surface area contributed by atoms with Gasteiger partial charge in [-0.15, -0.1) is 0 Å². The number of hydrogen-bond acceptors (Lipinski definition) is 3. The Morgan fingerprint density at radius 2 is 2.10 bits per heavy atom. The number of nitrogens with one attached hydrogen (secondary N) is 1. The van der Waals surface area contributed by atoms with Gasteiger partial charge in [-0.05, 0) is 36.8 Å². The molecule has 2 atom stereocenters. The molecular weight excluding hydrogens is 274 g/mol. The van der Waals surface area contributed by atoms with E-state index in [1.165, 1.54) is 12.8 Å². The number of halogens is 1. The van der Waals surface area contributed by atoms with Crippen LogP contribution < -0.4 is 11.1 Å². The normalized spacial score (nSPS) is 22.8. The molecule has 0 saturated heterocycles. The van der Waals surface area contributed by atoms with Crippen LogP contribution in [0.2, 0.25) is 5.02 Å². The highest BCUT2D eigenvalue weighted by Gasteiger charge is 2.29. The molecule has 1 aliphatic carbocycles. The van der Waals surface area contributed by atoms with Crippen LogP contribution in [0.1, 0.15) is 50.0 Å². The molecule has 4 nitrogen and oxygen atoms in total. The van der Waals surface area contributed by atoms with E-state index in [0.29, 0.717) is 22.7 Å². The molecule has 0 bridgehead atoms. The van der Waals surface area contributed by atoms with Gasteiger partial charge in [-0.1, -0.05) is 38.3 Å². The number of nitrogen functional groups attached to an aromatic ring is 1. The summed E-state index contributed by atoms with van der Waals surface area (Å²) in [6.07, 6.45) is 4.59. The van der Waals surface area contributed by atoms with E-state index in [4.69, 9.17) is 17.3 Å². The smallest absolute Gasteiger partial charge is 0.271 e. The van der Waals surface area contributed by atoms with Gasteiger partial charge < -0.3 is 11.1 Å². The molecule has 1 fully saturated rings. The average Bonchev–Trinajstić information content (AvgIpc) is 2.41. The summed E-state index contributed by atoms with van der Waals surface area (Å²) in [6, 6.07) is 3.41. The van der Waals surface area contributed by atoms with Crippen LogP contribution >= 0.6 is 11.6 Å². The first-order chi connectivity index (χ1) is 9.49. The van der Waals surface area contributed by atoms with Crippen molar-refractivity contribution in [2.75, 3.05) is 5.73 Å². The molecule has 5 heteroatoms. The molecule has 1 amide bonds. The number of anilines is 1. The highest BCUT2D eigenvalue weighted by Crippen LogP contribution is 2.30. The molecule has 1 saturated carbocycles. The Bertz CT molecular complexity index is 490. The molecule has 110 valence electrons. The van der Waals surface area contributed by atoms with Crippen LogP contribution in [-0.4, -0.2) is 16.9 Å². The number of aromatic nitrogens is 1. The van der Waals surface area contributed by atoms with Gasteiger partial charge in [0.05, 0.1) is 5.02 Å². The van der Waals surface area contributed by atoms with Gasteiger partial charge in [-0.3, -0.25) is 4.79 Å². The van der Waals surface area contributed by atoms with Crippen molar-refractivity contribution in [3.63, 3.8) is 0 Å². The van der Waals surface area contributed by atoms with Gasteiger partial charge in [0.2, 0.25) is 0 Å². The summed E-state index contributed by atoms with van der Waals surface area (Å²) in [4.78, 5) is 16.4. The van der Waals surface area contributed by atoms with E-state index in [0.717, 1.165) is 12.8 Å². The quantitative estimate of drug-likeness (QED) is 0.899. The van der Waals surface area contributed by atoms with Gasteiger partial charge in [-0.25, -0.2) is 4.98 Å². The molecule has 1 aromatic rings. The Balaban J connectivity index is 2.11. The summed E-state index contributed by atoms with van der Waals surface area (Å²) in [6.45, 7) is 4.42. The lowest BCUT2D eigenvalue weighted by molar-refractivity contribution is 0.0884. The molecule has 3 N–H and O–H groups in total. The van der Waals surface area contributed by atoms with Crippen LogP contribution in [0, 0.1) is 11.8 Å². The minimum absolute atomic E-state index is 0.204. The van der Waals surface area contributed by atoms with Crippen LogP contribution in [0.25, 0.3) is 0 Å². The molecule has 0 aromatic carbocycles. The maximum absolute atomic E-state index is 12.3. The summed E-state index contributed by atoms with van der Waals surface area (Å²) in [7, 11) is 0. The van der Waals surface area contributed by atoms with Crippen LogP contribution in [0.5, 0.6) is 0 Å². The van der Waals surface area contributed by atoms with Crippen LogP contribution in [0.4, 0.5) is 5.82 Å². The van der Waals surface area contributed by atoms with Crippen molar-refractivity contribution in [2.45, 2.75) is 45.6 Å². The summed E-state index contributed by atoms with van der Waals surface area (Å²) in [5, 5.41) is 3.43. The zero-order chi connectivity index (χ0) is 14.7. The minimum Gasteiger partial charge on any atom is -0.384 e. The lowest BCUT2D eigenvalue weighted by Crippen LogP contribution is -2.44. The Kier molecular flexibility index (Phi) is 4.86. The maximum Gasteiger partial charge on any atom is 0.271 e. The highest BCUT2D eigenvalue weighted by atomic mass is 35.5. The van der Waals surface area contributed by atoms with Gasteiger partial charge in [0.15, 0.2) is 0 Å². The molecule has 1 heterocycles. The molecule has 1 aliphatic rings. The van der Waals surface area contributed by atoms with Crippen molar-refractivity contribution in [2.24, 2.45) is 11.8 Å². The van der Waals surface area contributed by atoms with Crippen LogP contribution in [-0.2, 0) is 0 Å². The number of amides is 1. The number of nitrogens with two attached hydrogens (primary N) is 1. The molecular formula is C15H22ClN3O. The van der Waals surface area contributed by atoms with Crippen molar-refractivity contribution in [1.82, 2.24) is 10.3 Å². The number of pyridine rings is 1. The third kappa shape index (κ3) is 3.42. The second-order valence-corrected chi connectivity index (χ2v) is 6.25. The first kappa shape index (κ1) is 15.1. The lowest BCUT2D eigenvalue weighted by atomic mass is 9.78. The Morgan fingerprint density at radius 3 is 2.80 bits per heavy atom. The molecule has 2 rings (SSSR count). The van der Waals surface area contributed by atoms with E-state index in [-0.39, 0.29) is 17.6 Å². The fourth-order valence-electron chi connectivity index (χ4n) is 2.99. The van der Waals surface area contributed by atoms with Crippen molar-refractivity contribution in [1.29, 1.82) is 0 Å². The maximum atomic E-state index is 12.3. The molecule has 20 heavy (non-hydrogen) atoms. The first-order valence-electron chi connectivity index (χ1n) is 7.22. The number of nitrogens with zero attached hydrogens (tertiary/aromatic N) is 1. The van der Waals surface area contributed by atoms with Crippen molar-refractivity contribution in [3.8, 4) is 0 Å². The largest absolute Gasteiger partial charge is 0.384 e. The van der Waals surface area contributed by atoms with E-state index >= 15 is 0 Å². The zero-order valence-electron chi connectivity index (χ0n) is 12.0. The standard InChI is InChI=1S/C15H22ClN3O/c1-9(2)10-5-3-4-6-12(10)18-15(20)14-11(16)7-8-13(17)19-14/h7-10,12H,3-6H2,1-2H3,(H2,17,19)(H,18,20). The average molecular weight is 296 g/mol. The lowest BCUT2D eigenvalue weighted by Gasteiger charge is -2.34. The second-order valence-electron chi connectivity index (χ2n) is 5.84. The fraction of sp³-hybridized carbons (Fsp3) is 0.600. The first-order valence-corrected chi connectivity index (χ1v) is 7.59. The Labute approximate surface area is 125 Å². The molecule has 2 unspecified atom stereocenters. The Morgan fingerprint density at radius 1 is 1.40 bits per heavy atom. The predicted octanol–water partition coefficient (Wildman–Crippen LogP) is 3.26. The van der Waals surface area contributed by atoms with Crippen LogP contribution in [0.3, 0.4) is 0 Å². The number of rotatable bonds is 3. The predicted molar refractivity (Wildman–Crippen MR) is 81.7 cm³/mol. The minimum atomic E-state index is -0.222. The van der Waals surface area contributed by atoms with Crippen molar-refractivity contribution >= 4 is 23.3 Å². The summed E-state index contributed by atoms with van der Waals surface area (Å²) in [5.41, 5.74) is 5.85. The SMILES string of the molecule is CC(C)C1CCCCC1NC(=O)c1nc(N)ccc1Cl. The van der Waals surface area contributed by atoms with E-state index in [2.05, 4.69) is 24.1 Å². The third-order valence-corrected chi connectivity index (χ3v) is 4.38. The zero-order valence-corrected chi connectivity index (χ0v) is 12.8. The number of carbonyl (C=O) groups is 1. The monoisotopic (exact) mass is 295 g/mol. The van der Waals surface area contributed by atoms with E-state index in [1.807, 2.05) is 0 Å². The molecule has 0 aliphatic heterocycles. The van der Waals surface area contributed by atoms with Gasteiger partial charge in [0.25, 0.3) is 5.91 Å². The van der Waals surface area contributed by atoms with E-state index in [9.17, 15) is 4.79 Å². The number of hydrogen-bond donors (Lipinski definition) is 2. The summed E-state index contributed by atoms with van der Waals surface area (Å²) in [5.74, 6) is 1.17. The van der Waals surface area contributed by atoms with Gasteiger partial charge in [-0.2, -0.15) is 0 Å². The number of carbonyl (C=O) groups excluding carboxylic acids is 1. The van der Waals surface area contributed by atoms with Crippen molar-refractivity contribution < 1.29 is 4.79 Å². The highest BCUT2D eigenvalue weighted by molar-refractivity contribution is 6.33. The van der Waals surface area contributed by atoms with Gasteiger partial charge in [0.1, 0.15) is 11.5 Å². The topological polar surface area (TPSA) is 68.0 Å². The molecule has 1 aromatic heterocycles. The van der Waals surface area contributed by atoms with E-state index < -0.39 is 0 Å². The molecule has 0 spiro atoms. The summed E-state index contributed by atoms with van der Waals surface area (Å²) >= 11 is 6.03. The Hall–Kier alpha value is -1.29. The van der Waals surface area contributed by atoms with Gasteiger partial charge in [0, 0.05) is 6.04 Å². The second kappa shape index (κ2) is 6.44. The van der Waals surface area contributed by atoms with E-state index in [1.54, 1.807) is 12.1 Å². The molecule has 0 radical (unpaired) electrons. The van der Waals surface area contributed by atoms with Gasteiger partial charge >= 0.3 is 0 Å². The van der Waals surface area contributed by atoms with Crippen molar-refractivity contribution in [3.05, 3.63) is 22.8 Å². The summed E-state index contributed by atoms with van der Waals surface area (Å²) < 4.78 is 0. The van der Waals surface area contributed by atoms with Crippen LogP contribution in [0.15, 0.2) is 12.1 Å². The third-order valence-electron chi connectivity index (χ3n) is 4.07. The fourth-order valence-corrected chi connectivity index (χ4v) is 3.18.